The van der Waals surface area contributed by atoms with E-state index in [1.807, 2.05) is 0 Å². The van der Waals surface area contributed by atoms with E-state index in [1.165, 1.54) is 14.2 Å². The summed E-state index contributed by atoms with van der Waals surface area (Å²) in [6.07, 6.45) is -0.404. The second kappa shape index (κ2) is 6.78. The molecule has 0 aromatic heterocycles. The zero-order chi connectivity index (χ0) is 16.2. The van der Waals surface area contributed by atoms with E-state index >= 15 is 0 Å². The van der Waals surface area contributed by atoms with Crippen LogP contribution in [0.25, 0.3) is 0 Å². The average Bonchev–Trinajstić information content (AvgIpc) is 2.43. The van der Waals surface area contributed by atoms with E-state index in [2.05, 4.69) is 10.0 Å². The van der Waals surface area contributed by atoms with Crippen molar-refractivity contribution in [2.45, 2.75) is 17.9 Å². The van der Waals surface area contributed by atoms with Crippen molar-refractivity contribution in [2.24, 2.45) is 0 Å². The van der Waals surface area contributed by atoms with Crippen molar-refractivity contribution in [3.63, 3.8) is 0 Å². The highest BCUT2D eigenvalue weighted by Gasteiger charge is 2.26. The number of ether oxygens (including phenoxy) is 1. The molecule has 0 aliphatic carbocycles. The normalized spacial score (nSPS) is 13.0. The van der Waals surface area contributed by atoms with Crippen LogP contribution in [0, 0.1) is 15.9 Å². The van der Waals surface area contributed by atoms with Crippen LogP contribution in [0.15, 0.2) is 17.0 Å². The molecule has 0 aliphatic heterocycles. The molecule has 0 bridgehead atoms. The van der Waals surface area contributed by atoms with Crippen LogP contribution in [0.1, 0.15) is 6.92 Å². The number of nitro groups is 1. The van der Waals surface area contributed by atoms with Crippen LogP contribution in [0.5, 0.6) is 0 Å². The first kappa shape index (κ1) is 17.3. The molecule has 1 aromatic rings. The Hall–Kier alpha value is -1.78. The Balaban J connectivity index is 3.25. The smallest absolute Gasteiger partial charge is 0.274 e. The van der Waals surface area contributed by atoms with Gasteiger partial charge < -0.3 is 10.1 Å². The molecule has 1 unspecified atom stereocenters. The van der Waals surface area contributed by atoms with Crippen LogP contribution in [0.4, 0.5) is 15.8 Å². The third kappa shape index (κ3) is 4.09. The molecule has 0 spiro atoms. The van der Waals surface area contributed by atoms with Gasteiger partial charge in [-0.15, -0.1) is 0 Å². The summed E-state index contributed by atoms with van der Waals surface area (Å²) in [4.78, 5) is 9.19. The van der Waals surface area contributed by atoms with E-state index in [0.29, 0.717) is 6.07 Å². The summed E-state index contributed by atoms with van der Waals surface area (Å²) in [6, 6.07) is 1.52. The van der Waals surface area contributed by atoms with Crippen LogP contribution >= 0.6 is 0 Å². The molecule has 8 nitrogen and oxygen atoms in total. The van der Waals surface area contributed by atoms with Crippen LogP contribution in [0.3, 0.4) is 0 Å². The first-order valence-electron chi connectivity index (χ1n) is 5.91. The Morgan fingerprint density at radius 1 is 1.48 bits per heavy atom. The van der Waals surface area contributed by atoms with Crippen LogP contribution < -0.4 is 10.0 Å². The van der Waals surface area contributed by atoms with Gasteiger partial charge in [0.1, 0.15) is 4.90 Å². The standard InChI is InChI=1S/C11H16FN3O5S/c1-7(20-3)6-14-21(18,19)11-9(12)4-8(15(16)17)5-10(11)13-2/h4-5,7,13-14H,6H2,1-3H3. The van der Waals surface area contributed by atoms with Gasteiger partial charge in [-0.1, -0.05) is 0 Å². The minimum atomic E-state index is -4.17. The zero-order valence-corrected chi connectivity index (χ0v) is 12.5. The lowest BCUT2D eigenvalue weighted by molar-refractivity contribution is -0.385. The first-order chi connectivity index (χ1) is 9.72. The molecular formula is C11H16FN3O5S. The number of nitro benzene ring substituents is 1. The molecule has 0 heterocycles. The van der Waals surface area contributed by atoms with E-state index in [1.54, 1.807) is 6.92 Å². The Labute approximate surface area is 121 Å². The first-order valence-corrected chi connectivity index (χ1v) is 7.39. The molecule has 0 fully saturated rings. The van der Waals surface area contributed by atoms with Gasteiger partial charge in [-0.25, -0.2) is 17.5 Å². The maximum absolute atomic E-state index is 14.0. The summed E-state index contributed by atoms with van der Waals surface area (Å²) in [5.74, 6) is -1.20. The molecule has 10 heteroatoms. The summed E-state index contributed by atoms with van der Waals surface area (Å²) in [5.41, 5.74) is -0.736. The highest BCUT2D eigenvalue weighted by Crippen LogP contribution is 2.29. The Kier molecular flexibility index (Phi) is 5.58. The fraction of sp³-hybridized carbons (Fsp3) is 0.455. The highest BCUT2D eigenvalue weighted by molar-refractivity contribution is 7.89. The van der Waals surface area contributed by atoms with Gasteiger partial charge in [0.05, 0.1) is 22.8 Å². The largest absolute Gasteiger partial charge is 0.387 e. The fourth-order valence-electron chi connectivity index (χ4n) is 1.53. The molecule has 21 heavy (non-hydrogen) atoms. The van der Waals surface area contributed by atoms with Crippen molar-refractivity contribution < 1.29 is 22.5 Å². The van der Waals surface area contributed by atoms with Gasteiger partial charge >= 0.3 is 0 Å². The Morgan fingerprint density at radius 2 is 2.10 bits per heavy atom. The molecular weight excluding hydrogens is 305 g/mol. The number of sulfonamides is 1. The van der Waals surface area contributed by atoms with Gasteiger partial charge in [0.15, 0.2) is 5.82 Å². The van der Waals surface area contributed by atoms with Crippen LogP contribution in [-0.2, 0) is 14.8 Å². The van der Waals surface area contributed by atoms with Gasteiger partial charge in [-0.3, -0.25) is 10.1 Å². The number of nitrogens with zero attached hydrogens (tertiary/aromatic N) is 1. The Morgan fingerprint density at radius 3 is 2.57 bits per heavy atom. The second-order valence-corrected chi connectivity index (χ2v) is 5.91. The molecule has 1 aromatic carbocycles. The number of methoxy groups -OCH3 is 1. The Bertz CT molecular complexity index is 635. The minimum absolute atomic E-state index is 0.0571. The molecule has 0 saturated carbocycles. The van der Waals surface area contributed by atoms with Gasteiger partial charge in [-0.2, -0.15) is 0 Å². The van der Waals surface area contributed by atoms with Crippen LogP contribution in [-0.4, -0.2) is 40.1 Å². The maximum atomic E-state index is 14.0. The number of rotatable bonds is 7. The fourth-order valence-corrected chi connectivity index (χ4v) is 2.89. The predicted octanol–water partition coefficient (Wildman–Crippen LogP) is 1.09. The quantitative estimate of drug-likeness (QED) is 0.574. The van der Waals surface area contributed by atoms with E-state index in [-0.39, 0.29) is 12.2 Å². The van der Waals surface area contributed by atoms with Gasteiger partial charge in [0.25, 0.3) is 5.69 Å². The molecule has 1 atom stereocenters. The molecule has 0 saturated heterocycles. The average molecular weight is 321 g/mol. The number of non-ortho nitro benzene ring substituents is 1. The van der Waals surface area contributed by atoms with E-state index in [0.717, 1.165) is 6.07 Å². The molecule has 118 valence electrons. The monoisotopic (exact) mass is 321 g/mol. The van der Waals surface area contributed by atoms with E-state index < -0.39 is 37.5 Å². The van der Waals surface area contributed by atoms with Crippen molar-refractivity contribution in [1.29, 1.82) is 0 Å². The summed E-state index contributed by atoms with van der Waals surface area (Å²) < 4.78 is 45.3. The number of hydrogen-bond donors (Lipinski definition) is 2. The summed E-state index contributed by atoms with van der Waals surface area (Å²) in [5, 5.41) is 13.1. The minimum Gasteiger partial charge on any atom is -0.387 e. The maximum Gasteiger partial charge on any atom is 0.274 e. The third-order valence-corrected chi connectivity index (χ3v) is 4.24. The zero-order valence-electron chi connectivity index (χ0n) is 11.7. The van der Waals surface area contributed by atoms with Crippen molar-refractivity contribution in [1.82, 2.24) is 4.72 Å². The SMILES string of the molecule is CNc1cc([N+](=O)[O-])cc(F)c1S(=O)(=O)NCC(C)OC. The van der Waals surface area contributed by atoms with E-state index in [9.17, 15) is 22.9 Å². The van der Waals surface area contributed by atoms with Gasteiger partial charge in [-0.05, 0) is 6.92 Å². The predicted molar refractivity (Wildman–Crippen MR) is 74.3 cm³/mol. The lowest BCUT2D eigenvalue weighted by Gasteiger charge is -2.14. The van der Waals surface area contributed by atoms with Gasteiger partial charge in [0.2, 0.25) is 10.0 Å². The molecule has 0 radical (unpaired) electrons. The van der Waals surface area contributed by atoms with Gasteiger partial charge in [0, 0.05) is 26.8 Å². The van der Waals surface area contributed by atoms with Crippen molar-refractivity contribution in [3.8, 4) is 0 Å². The van der Waals surface area contributed by atoms with Crippen molar-refractivity contribution in [3.05, 3.63) is 28.1 Å². The topological polar surface area (TPSA) is 111 Å². The summed E-state index contributed by atoms with van der Waals surface area (Å²) in [6.45, 7) is 1.58. The van der Waals surface area contributed by atoms with Crippen LogP contribution in [0.2, 0.25) is 0 Å². The number of anilines is 1. The number of benzene rings is 1. The molecule has 0 aliphatic rings. The summed E-state index contributed by atoms with van der Waals surface area (Å²) in [7, 11) is -1.42. The second-order valence-electron chi connectivity index (χ2n) is 4.21. The van der Waals surface area contributed by atoms with Crippen molar-refractivity contribution in [2.75, 3.05) is 26.0 Å². The van der Waals surface area contributed by atoms with Crippen molar-refractivity contribution >= 4 is 21.4 Å². The molecule has 1 rings (SSSR count). The lowest BCUT2D eigenvalue weighted by atomic mass is 10.2. The highest BCUT2D eigenvalue weighted by atomic mass is 32.2. The number of nitrogens with one attached hydrogen (secondary N) is 2. The van der Waals surface area contributed by atoms with E-state index in [4.69, 9.17) is 4.74 Å². The summed E-state index contributed by atoms with van der Waals surface area (Å²) >= 11 is 0. The number of halogens is 1. The number of hydrogen-bond acceptors (Lipinski definition) is 6. The molecule has 2 N–H and O–H groups in total. The third-order valence-electron chi connectivity index (χ3n) is 2.74. The molecule has 0 amide bonds. The lowest BCUT2D eigenvalue weighted by Crippen LogP contribution is -2.32.